The largest absolute Gasteiger partial charge is 0.378 e. The van der Waals surface area contributed by atoms with Gasteiger partial charge in [-0.3, -0.25) is 9.79 Å². The van der Waals surface area contributed by atoms with Crippen LogP contribution in [0, 0.1) is 17.2 Å². The summed E-state index contributed by atoms with van der Waals surface area (Å²) in [6.07, 6.45) is 5.32. The van der Waals surface area contributed by atoms with Crippen LogP contribution in [0.3, 0.4) is 0 Å². The number of carbonyl (C=O) groups excluding carboxylic acids is 1. The van der Waals surface area contributed by atoms with E-state index in [1.165, 1.54) is 30.2 Å². The summed E-state index contributed by atoms with van der Waals surface area (Å²) in [6, 6.07) is 7.59. The van der Waals surface area contributed by atoms with E-state index in [9.17, 15) is 9.18 Å². The summed E-state index contributed by atoms with van der Waals surface area (Å²) in [7, 11) is 3.52. The topological polar surface area (TPSA) is 108 Å². The summed E-state index contributed by atoms with van der Waals surface area (Å²) in [5, 5.41) is 9.23. The zero-order chi connectivity index (χ0) is 22.0. The second-order valence-corrected chi connectivity index (χ2v) is 9.66. The van der Waals surface area contributed by atoms with E-state index in [2.05, 4.69) is 9.97 Å². The van der Waals surface area contributed by atoms with Gasteiger partial charge in [-0.1, -0.05) is 23.9 Å². The number of halogens is 1. The summed E-state index contributed by atoms with van der Waals surface area (Å²) in [6.45, 7) is 0. The third-order valence-electron chi connectivity index (χ3n) is 6.22. The molecule has 31 heavy (non-hydrogen) atoms. The molecule has 0 bridgehead atoms. The summed E-state index contributed by atoms with van der Waals surface area (Å²) >= 11 is 1.37. The monoisotopic (exact) mass is 434 g/mol. The minimum Gasteiger partial charge on any atom is -0.378 e. The molecule has 3 atom stereocenters. The van der Waals surface area contributed by atoms with Gasteiger partial charge in [0.15, 0.2) is 16.7 Å². The highest BCUT2D eigenvalue weighted by Crippen LogP contribution is 2.69. The molecule has 7 nitrogen and oxygen atoms in total. The number of carbonyl (C=O) groups is 1. The molecule has 1 aliphatic heterocycles. The Labute approximate surface area is 182 Å². The zero-order valence-electron chi connectivity index (χ0n) is 17.0. The van der Waals surface area contributed by atoms with Crippen LogP contribution in [0.5, 0.6) is 0 Å². The molecule has 1 aromatic heterocycles. The highest BCUT2D eigenvalue weighted by atomic mass is 32.2. The summed E-state index contributed by atoms with van der Waals surface area (Å²) in [4.78, 5) is 27.1. The molecule has 0 unspecified atom stereocenters. The van der Waals surface area contributed by atoms with Crippen LogP contribution in [0.2, 0.25) is 0 Å². The first-order valence-electron chi connectivity index (χ1n) is 9.78. The quantitative estimate of drug-likeness (QED) is 0.795. The number of aromatic nitrogens is 2. The van der Waals surface area contributed by atoms with Crippen molar-refractivity contribution in [2.75, 3.05) is 14.1 Å². The van der Waals surface area contributed by atoms with Gasteiger partial charge in [0, 0.05) is 26.4 Å². The van der Waals surface area contributed by atoms with Gasteiger partial charge in [0.25, 0.3) is 0 Å². The van der Waals surface area contributed by atoms with Gasteiger partial charge < -0.3 is 10.6 Å². The molecule has 2 N–H and O–H groups in total. The molecule has 3 aliphatic rings. The molecule has 0 saturated heterocycles. The number of amides is 1. The van der Waals surface area contributed by atoms with E-state index in [1.54, 1.807) is 19.0 Å². The molecule has 0 radical (unpaired) electrons. The van der Waals surface area contributed by atoms with E-state index in [0.29, 0.717) is 10.7 Å². The van der Waals surface area contributed by atoms with Gasteiger partial charge in [-0.05, 0) is 35.3 Å². The summed E-state index contributed by atoms with van der Waals surface area (Å²) in [5.74, 6) is -0.404. The standard InChI is InChI=1S/C22H19FN6OS/c1-29(2)19(30)22-8-18(22)21(28-20(25)31-22)7-13-4-3-12(5-15(13)21)6-16(23)17-11-26-14(9-24)10-27-17/h3-6,10-11,18H,7-8H2,1-2H3,(H2,25,28)/b16-6-/t18-,21+,22-/m0/s1. The summed E-state index contributed by atoms with van der Waals surface area (Å²) < 4.78 is 14.2. The maximum Gasteiger partial charge on any atom is 0.239 e. The van der Waals surface area contributed by atoms with E-state index in [4.69, 9.17) is 16.0 Å². The number of rotatable bonds is 3. The van der Waals surface area contributed by atoms with Crippen molar-refractivity contribution >= 4 is 34.7 Å². The van der Waals surface area contributed by atoms with Crippen molar-refractivity contribution in [3.8, 4) is 6.07 Å². The van der Waals surface area contributed by atoms with Crippen LogP contribution >= 0.6 is 11.8 Å². The Morgan fingerprint density at radius 1 is 1.39 bits per heavy atom. The van der Waals surface area contributed by atoms with Crippen molar-refractivity contribution in [2.45, 2.75) is 23.1 Å². The minimum atomic E-state index is -0.553. The van der Waals surface area contributed by atoms with Crippen LogP contribution in [0.25, 0.3) is 11.9 Å². The Hall–Kier alpha value is -3.25. The number of thioether (sulfide) groups is 1. The number of nitrogens with zero attached hydrogens (tertiary/aromatic N) is 5. The number of fused-ring (bicyclic) bond motifs is 4. The van der Waals surface area contributed by atoms with Gasteiger partial charge >= 0.3 is 0 Å². The molecule has 2 aliphatic carbocycles. The number of benzene rings is 1. The Balaban J connectivity index is 1.49. The molecule has 2 aromatic rings. The van der Waals surface area contributed by atoms with E-state index < -0.39 is 16.1 Å². The van der Waals surface area contributed by atoms with Crippen LogP contribution in [0.1, 0.15) is 34.5 Å². The van der Waals surface area contributed by atoms with Crippen LogP contribution < -0.4 is 5.73 Å². The molecule has 1 amide bonds. The molecular formula is C22H19FN6OS. The van der Waals surface area contributed by atoms with Crippen LogP contribution in [0.4, 0.5) is 4.39 Å². The SMILES string of the molecule is CN(C)C(=O)[C@]12C[C@H]1[C@]1(Cc3ccc(/C=C(\F)c4cnc(C#N)cn4)cc31)N=C(N)S2. The maximum absolute atomic E-state index is 14.7. The third kappa shape index (κ3) is 2.86. The number of hydrogen-bond acceptors (Lipinski definition) is 7. The fraction of sp³-hybridized carbons (Fsp3) is 0.318. The third-order valence-corrected chi connectivity index (χ3v) is 7.51. The van der Waals surface area contributed by atoms with Gasteiger partial charge in [-0.25, -0.2) is 14.4 Å². The molecule has 1 fully saturated rings. The second kappa shape index (κ2) is 6.62. The number of nitriles is 1. The van der Waals surface area contributed by atoms with Crippen molar-refractivity contribution in [2.24, 2.45) is 16.6 Å². The molecule has 9 heteroatoms. The van der Waals surface area contributed by atoms with Crippen LogP contribution in [0.15, 0.2) is 35.6 Å². The van der Waals surface area contributed by atoms with Crippen LogP contribution in [-0.4, -0.2) is 44.8 Å². The van der Waals surface area contributed by atoms with Crippen molar-refractivity contribution < 1.29 is 9.18 Å². The van der Waals surface area contributed by atoms with Gasteiger partial charge in [0.1, 0.15) is 16.5 Å². The highest BCUT2D eigenvalue weighted by Gasteiger charge is 2.73. The highest BCUT2D eigenvalue weighted by molar-refractivity contribution is 8.15. The van der Waals surface area contributed by atoms with Crippen LogP contribution in [-0.2, 0) is 16.8 Å². The van der Waals surface area contributed by atoms with Crippen molar-refractivity contribution in [3.05, 3.63) is 58.7 Å². The lowest BCUT2D eigenvalue weighted by Gasteiger charge is -2.45. The minimum absolute atomic E-state index is 0.0607. The molecule has 156 valence electrons. The predicted octanol–water partition coefficient (Wildman–Crippen LogP) is 2.48. The normalized spacial score (nSPS) is 28.0. The number of aliphatic imine (C=N–C) groups is 1. The smallest absolute Gasteiger partial charge is 0.239 e. The first-order chi connectivity index (χ1) is 14.8. The fourth-order valence-corrected chi connectivity index (χ4v) is 6.15. The molecule has 1 saturated carbocycles. The molecule has 5 rings (SSSR count). The Morgan fingerprint density at radius 3 is 2.87 bits per heavy atom. The van der Waals surface area contributed by atoms with E-state index in [-0.39, 0.29) is 23.2 Å². The Morgan fingerprint density at radius 2 is 2.19 bits per heavy atom. The first kappa shape index (κ1) is 19.7. The lowest BCUT2D eigenvalue weighted by Crippen LogP contribution is -2.49. The molecule has 1 spiro atoms. The lowest BCUT2D eigenvalue weighted by molar-refractivity contribution is -0.129. The maximum atomic E-state index is 14.7. The second-order valence-electron chi connectivity index (χ2n) is 8.31. The Bertz CT molecular complexity index is 1220. The van der Waals surface area contributed by atoms with E-state index in [1.807, 2.05) is 24.3 Å². The average molecular weight is 435 g/mol. The van der Waals surface area contributed by atoms with Crippen molar-refractivity contribution in [3.63, 3.8) is 0 Å². The zero-order valence-corrected chi connectivity index (χ0v) is 17.8. The number of amidine groups is 1. The average Bonchev–Trinajstić information content (AvgIpc) is 3.49. The fourth-order valence-electron chi connectivity index (χ4n) is 4.71. The number of hydrogen-bond donors (Lipinski definition) is 1. The molecular weight excluding hydrogens is 415 g/mol. The molecule has 1 aromatic carbocycles. The van der Waals surface area contributed by atoms with Gasteiger partial charge in [0.05, 0.1) is 17.9 Å². The first-order valence-corrected chi connectivity index (χ1v) is 10.6. The van der Waals surface area contributed by atoms with Crippen molar-refractivity contribution in [1.82, 2.24) is 14.9 Å². The van der Waals surface area contributed by atoms with Gasteiger partial charge in [-0.2, -0.15) is 5.26 Å². The lowest BCUT2D eigenvalue weighted by atomic mass is 9.66. The predicted molar refractivity (Wildman–Crippen MR) is 116 cm³/mol. The Kier molecular flexibility index (Phi) is 4.21. The van der Waals surface area contributed by atoms with E-state index >= 15 is 0 Å². The summed E-state index contributed by atoms with van der Waals surface area (Å²) in [5.41, 5.74) is 8.64. The van der Waals surface area contributed by atoms with Gasteiger partial charge in [0.2, 0.25) is 5.91 Å². The van der Waals surface area contributed by atoms with Gasteiger partial charge in [-0.15, -0.1) is 0 Å². The van der Waals surface area contributed by atoms with Crippen molar-refractivity contribution in [1.29, 1.82) is 5.26 Å². The number of nitrogens with two attached hydrogens (primary N) is 1. The van der Waals surface area contributed by atoms with E-state index in [0.717, 1.165) is 24.0 Å². The molecule has 2 heterocycles.